The fourth-order valence-electron chi connectivity index (χ4n) is 3.75. The Labute approximate surface area is 179 Å². The van der Waals surface area contributed by atoms with E-state index in [-0.39, 0.29) is 17.2 Å². The van der Waals surface area contributed by atoms with E-state index in [0.29, 0.717) is 26.2 Å². The summed E-state index contributed by atoms with van der Waals surface area (Å²) in [5, 5.41) is 4.20. The number of carbonyl (C=O) groups is 1. The standard InChI is InChI=1S/C23H24F2N4O2/c1-27-16-19(14-26-27)18-8-6-17(7-9-18)15-28-10-12-29(13-11-28)22(30)20-4-2-3-5-21(20)31-23(24)25/h2-9,14,16,23H,10-13,15H2,1H3. The highest BCUT2D eigenvalue weighted by Crippen LogP contribution is 2.23. The number of benzene rings is 2. The molecule has 162 valence electrons. The van der Waals surface area contributed by atoms with Gasteiger partial charge in [0.25, 0.3) is 5.91 Å². The Bertz CT molecular complexity index is 1030. The lowest BCUT2D eigenvalue weighted by Gasteiger charge is -2.35. The van der Waals surface area contributed by atoms with Crippen LogP contribution in [0, 0.1) is 0 Å². The molecule has 0 spiro atoms. The van der Waals surface area contributed by atoms with Crippen molar-refractivity contribution in [2.45, 2.75) is 13.2 Å². The number of aromatic nitrogens is 2. The molecule has 8 heteroatoms. The van der Waals surface area contributed by atoms with Gasteiger partial charge in [-0.15, -0.1) is 0 Å². The number of aryl methyl sites for hydroxylation is 1. The summed E-state index contributed by atoms with van der Waals surface area (Å²) in [5.74, 6) is -0.365. The number of piperazine rings is 1. The van der Waals surface area contributed by atoms with Gasteiger partial charge in [0, 0.05) is 51.5 Å². The predicted molar refractivity (Wildman–Crippen MR) is 113 cm³/mol. The van der Waals surface area contributed by atoms with Crippen LogP contribution >= 0.6 is 0 Å². The molecule has 6 nitrogen and oxygen atoms in total. The quantitative estimate of drug-likeness (QED) is 0.604. The lowest BCUT2D eigenvalue weighted by molar-refractivity contribution is -0.0503. The van der Waals surface area contributed by atoms with Crippen LogP contribution in [-0.4, -0.2) is 58.3 Å². The second-order valence-corrected chi connectivity index (χ2v) is 7.54. The fraction of sp³-hybridized carbons (Fsp3) is 0.304. The first-order chi connectivity index (χ1) is 15.0. The van der Waals surface area contributed by atoms with Crippen molar-refractivity contribution in [1.29, 1.82) is 0 Å². The molecule has 0 atom stereocenters. The summed E-state index contributed by atoms with van der Waals surface area (Å²) in [4.78, 5) is 16.8. The molecule has 31 heavy (non-hydrogen) atoms. The first-order valence-corrected chi connectivity index (χ1v) is 10.1. The lowest BCUT2D eigenvalue weighted by Crippen LogP contribution is -2.48. The van der Waals surface area contributed by atoms with Gasteiger partial charge in [-0.25, -0.2) is 0 Å². The van der Waals surface area contributed by atoms with Gasteiger partial charge in [0.05, 0.1) is 11.8 Å². The van der Waals surface area contributed by atoms with E-state index < -0.39 is 6.61 Å². The molecule has 0 saturated carbocycles. The van der Waals surface area contributed by atoms with Gasteiger partial charge in [0.1, 0.15) is 5.75 Å². The summed E-state index contributed by atoms with van der Waals surface area (Å²) in [6, 6.07) is 14.5. The molecular weight excluding hydrogens is 402 g/mol. The minimum Gasteiger partial charge on any atom is -0.434 e. The number of alkyl halides is 2. The molecule has 1 aromatic heterocycles. The summed E-state index contributed by atoms with van der Waals surface area (Å²) in [6.45, 7) is 0.337. The third-order valence-corrected chi connectivity index (χ3v) is 5.39. The van der Waals surface area contributed by atoms with Crippen molar-refractivity contribution in [2.75, 3.05) is 26.2 Å². The number of ether oxygens (including phenoxy) is 1. The smallest absolute Gasteiger partial charge is 0.387 e. The van der Waals surface area contributed by atoms with Crippen LogP contribution in [0.4, 0.5) is 8.78 Å². The molecule has 1 saturated heterocycles. The summed E-state index contributed by atoms with van der Waals surface area (Å²) >= 11 is 0. The van der Waals surface area contributed by atoms with E-state index in [1.54, 1.807) is 21.7 Å². The van der Waals surface area contributed by atoms with Crippen molar-refractivity contribution in [3.8, 4) is 16.9 Å². The van der Waals surface area contributed by atoms with E-state index in [2.05, 4.69) is 39.0 Å². The second-order valence-electron chi connectivity index (χ2n) is 7.54. The number of hydrogen-bond donors (Lipinski definition) is 0. The molecule has 2 aromatic carbocycles. The molecule has 1 aliphatic rings. The molecule has 0 radical (unpaired) electrons. The average Bonchev–Trinajstić information content (AvgIpc) is 3.21. The molecule has 1 fully saturated rings. The Morgan fingerprint density at radius 1 is 1.03 bits per heavy atom. The van der Waals surface area contributed by atoms with Crippen molar-refractivity contribution < 1.29 is 18.3 Å². The van der Waals surface area contributed by atoms with Crippen molar-refractivity contribution in [3.63, 3.8) is 0 Å². The monoisotopic (exact) mass is 426 g/mol. The Hall–Kier alpha value is -3.26. The molecule has 1 amide bonds. The van der Waals surface area contributed by atoms with Crippen LogP contribution in [0.2, 0.25) is 0 Å². The highest BCUT2D eigenvalue weighted by Gasteiger charge is 2.25. The van der Waals surface area contributed by atoms with E-state index in [9.17, 15) is 13.6 Å². The van der Waals surface area contributed by atoms with Crippen LogP contribution in [0.3, 0.4) is 0 Å². The van der Waals surface area contributed by atoms with Gasteiger partial charge in [0.15, 0.2) is 0 Å². The minimum absolute atomic E-state index is 0.0846. The molecule has 0 N–H and O–H groups in total. The van der Waals surface area contributed by atoms with Crippen LogP contribution in [-0.2, 0) is 13.6 Å². The zero-order chi connectivity index (χ0) is 21.8. The van der Waals surface area contributed by atoms with Crippen LogP contribution in [0.1, 0.15) is 15.9 Å². The van der Waals surface area contributed by atoms with Crippen LogP contribution in [0.15, 0.2) is 60.9 Å². The number of carbonyl (C=O) groups excluding carboxylic acids is 1. The Morgan fingerprint density at radius 3 is 2.39 bits per heavy atom. The molecule has 0 bridgehead atoms. The summed E-state index contributed by atoms with van der Waals surface area (Å²) in [7, 11) is 1.90. The Kier molecular flexibility index (Phi) is 6.27. The zero-order valence-electron chi connectivity index (χ0n) is 17.2. The summed E-state index contributed by atoms with van der Waals surface area (Å²) < 4.78 is 31.5. The largest absolute Gasteiger partial charge is 0.434 e. The number of para-hydroxylation sites is 1. The van der Waals surface area contributed by atoms with Gasteiger partial charge >= 0.3 is 6.61 Å². The van der Waals surface area contributed by atoms with E-state index in [4.69, 9.17) is 0 Å². The van der Waals surface area contributed by atoms with Crippen molar-refractivity contribution in [3.05, 3.63) is 72.1 Å². The van der Waals surface area contributed by atoms with Crippen molar-refractivity contribution >= 4 is 5.91 Å². The highest BCUT2D eigenvalue weighted by atomic mass is 19.3. The van der Waals surface area contributed by atoms with E-state index in [0.717, 1.165) is 17.7 Å². The Balaban J connectivity index is 1.33. The highest BCUT2D eigenvalue weighted by molar-refractivity contribution is 5.97. The third-order valence-electron chi connectivity index (χ3n) is 5.39. The molecule has 0 unspecified atom stereocenters. The SMILES string of the molecule is Cn1cc(-c2ccc(CN3CCN(C(=O)c4ccccc4OC(F)F)CC3)cc2)cn1. The maximum absolute atomic E-state index is 12.8. The third kappa shape index (κ3) is 5.08. The number of rotatable bonds is 6. The number of amides is 1. The van der Waals surface area contributed by atoms with Gasteiger partial charge in [-0.3, -0.25) is 14.4 Å². The van der Waals surface area contributed by atoms with Crippen molar-refractivity contribution in [2.24, 2.45) is 7.05 Å². The van der Waals surface area contributed by atoms with Gasteiger partial charge in [0.2, 0.25) is 0 Å². The number of halogens is 2. The first kappa shape index (κ1) is 21.0. The molecular formula is C23H24F2N4O2. The van der Waals surface area contributed by atoms with E-state index in [1.165, 1.54) is 17.7 Å². The van der Waals surface area contributed by atoms with Gasteiger partial charge in [-0.05, 0) is 23.3 Å². The average molecular weight is 426 g/mol. The van der Waals surface area contributed by atoms with Crippen molar-refractivity contribution in [1.82, 2.24) is 19.6 Å². The molecule has 3 aromatic rings. The minimum atomic E-state index is -2.96. The van der Waals surface area contributed by atoms with Crippen LogP contribution < -0.4 is 4.74 Å². The van der Waals surface area contributed by atoms with Crippen LogP contribution in [0.25, 0.3) is 11.1 Å². The maximum Gasteiger partial charge on any atom is 0.387 e. The molecule has 1 aliphatic heterocycles. The second kappa shape index (κ2) is 9.26. The molecule has 4 rings (SSSR count). The van der Waals surface area contributed by atoms with Gasteiger partial charge in [-0.2, -0.15) is 13.9 Å². The summed E-state index contributed by atoms with van der Waals surface area (Å²) in [5.41, 5.74) is 3.57. The topological polar surface area (TPSA) is 50.6 Å². The Morgan fingerprint density at radius 2 is 1.74 bits per heavy atom. The normalized spacial score (nSPS) is 14.8. The maximum atomic E-state index is 12.8. The molecule has 0 aliphatic carbocycles. The van der Waals surface area contributed by atoms with E-state index >= 15 is 0 Å². The van der Waals surface area contributed by atoms with Gasteiger partial charge < -0.3 is 9.64 Å². The number of hydrogen-bond acceptors (Lipinski definition) is 4. The van der Waals surface area contributed by atoms with Gasteiger partial charge in [-0.1, -0.05) is 36.4 Å². The first-order valence-electron chi connectivity index (χ1n) is 10.1. The molecule has 2 heterocycles. The predicted octanol–water partition coefficient (Wildman–Crippen LogP) is 3.65. The number of nitrogens with zero attached hydrogens (tertiary/aromatic N) is 4. The fourth-order valence-corrected chi connectivity index (χ4v) is 3.75. The van der Waals surface area contributed by atoms with E-state index in [1.807, 2.05) is 19.4 Å². The lowest BCUT2D eigenvalue weighted by atomic mass is 10.1. The summed E-state index contributed by atoms with van der Waals surface area (Å²) in [6.07, 6.45) is 3.82. The zero-order valence-corrected chi connectivity index (χ0v) is 17.2. The van der Waals surface area contributed by atoms with Crippen LogP contribution in [0.5, 0.6) is 5.75 Å².